The molecule has 1 aromatic heterocycles. The Kier molecular flexibility index (Phi) is 9.60. The second kappa shape index (κ2) is 13.7. The third-order valence-corrected chi connectivity index (χ3v) is 7.89. The number of nitrogens with one attached hydrogen (secondary N) is 2. The number of pyridine rings is 1. The fraction of sp³-hybridized carbons (Fsp3) is 0.188. The maximum absolute atomic E-state index is 12.8. The molecule has 1 aliphatic heterocycles. The monoisotopic (exact) mass is 649 g/mol. The topological polar surface area (TPSA) is 144 Å². The molecule has 0 spiro atoms. The van der Waals surface area contributed by atoms with Gasteiger partial charge in [0.2, 0.25) is 11.8 Å². The van der Waals surface area contributed by atoms with Gasteiger partial charge in [0.05, 0.1) is 28.5 Å². The number of amides is 3. The van der Waals surface area contributed by atoms with Crippen LogP contribution < -0.4 is 15.4 Å². The number of aromatic nitrogens is 1. The molecule has 1 saturated heterocycles. The van der Waals surface area contributed by atoms with E-state index in [0.717, 1.165) is 11.3 Å². The van der Waals surface area contributed by atoms with E-state index >= 15 is 0 Å². The number of hydrogen-bond acceptors (Lipinski definition) is 8. The highest BCUT2D eigenvalue weighted by Crippen LogP contribution is 2.28. The van der Waals surface area contributed by atoms with Gasteiger partial charge in [0.1, 0.15) is 5.75 Å². The Morgan fingerprint density at radius 3 is 2.20 bits per heavy atom. The first kappa shape index (κ1) is 31.4. The molecular formula is C32H29Cl2N5O6. The molecule has 1 fully saturated rings. The van der Waals surface area contributed by atoms with Crippen molar-refractivity contribution in [2.75, 3.05) is 43.4 Å². The van der Waals surface area contributed by atoms with Crippen LogP contribution in [0.2, 0.25) is 10.0 Å². The Bertz CT molecular complexity index is 1740. The Morgan fingerprint density at radius 1 is 0.822 bits per heavy atom. The largest absolute Gasteiger partial charge is 0.504 e. The summed E-state index contributed by atoms with van der Waals surface area (Å²) in [6.45, 7) is 3.43. The number of piperazine rings is 1. The number of hydrogen-bond donors (Lipinski definition) is 4. The Hall–Kier alpha value is -5.00. The molecule has 0 saturated carbocycles. The number of rotatable bonds is 8. The van der Waals surface area contributed by atoms with E-state index in [1.165, 1.54) is 30.5 Å². The van der Waals surface area contributed by atoms with Gasteiger partial charge in [0.25, 0.3) is 11.8 Å². The molecule has 0 unspecified atom stereocenters. The van der Waals surface area contributed by atoms with E-state index in [2.05, 4.69) is 15.6 Å². The quantitative estimate of drug-likeness (QED) is 0.182. The lowest BCUT2D eigenvalue weighted by molar-refractivity contribution is -0.130. The first-order valence-corrected chi connectivity index (χ1v) is 14.7. The Morgan fingerprint density at radius 2 is 1.53 bits per heavy atom. The molecule has 4 aromatic rings. The van der Waals surface area contributed by atoms with Crippen LogP contribution in [0.25, 0.3) is 0 Å². The minimum absolute atomic E-state index is 0.0798. The van der Waals surface area contributed by atoms with Gasteiger partial charge >= 0.3 is 0 Å². The molecular weight excluding hydrogens is 621 g/mol. The van der Waals surface area contributed by atoms with Crippen molar-refractivity contribution in [2.24, 2.45) is 0 Å². The van der Waals surface area contributed by atoms with Crippen LogP contribution in [0.1, 0.15) is 26.3 Å². The lowest BCUT2D eigenvalue weighted by Crippen LogP contribution is -2.51. The average Bonchev–Trinajstić information content (AvgIpc) is 3.04. The Labute approximate surface area is 269 Å². The summed E-state index contributed by atoms with van der Waals surface area (Å²) >= 11 is 11.9. The van der Waals surface area contributed by atoms with Crippen molar-refractivity contribution in [1.29, 1.82) is 0 Å². The number of carbonyl (C=O) groups is 3. The first-order chi connectivity index (χ1) is 21.6. The van der Waals surface area contributed by atoms with Crippen LogP contribution in [-0.4, -0.2) is 75.4 Å². The molecule has 13 heteroatoms. The number of aromatic hydroxyl groups is 2. The standard InChI is InChI=1S/C32H29Cl2N5O6/c1-19-14-22(35-18-30(42)38-10-12-39(13-11-38)32(44)21-3-7-26(40)27(41)16-21)4-8-28(19)45-29-9-5-23(17-36-29)37-31(43)20-2-6-24(33)25(34)15-20/h2-9,14-17,35,40-41H,10-13,18H2,1H3,(H,37,43). The van der Waals surface area contributed by atoms with Crippen molar-refractivity contribution in [3.05, 3.63) is 99.7 Å². The maximum atomic E-state index is 12.8. The molecule has 0 atom stereocenters. The summed E-state index contributed by atoms with van der Waals surface area (Å²) in [4.78, 5) is 45.6. The molecule has 4 N–H and O–H groups in total. The van der Waals surface area contributed by atoms with Crippen LogP contribution in [0.3, 0.4) is 0 Å². The molecule has 232 valence electrons. The fourth-order valence-electron chi connectivity index (χ4n) is 4.63. The summed E-state index contributed by atoms with van der Waals surface area (Å²) in [7, 11) is 0. The predicted octanol–water partition coefficient (Wildman–Crippen LogP) is 5.55. The van der Waals surface area contributed by atoms with Crippen LogP contribution in [0.4, 0.5) is 11.4 Å². The van der Waals surface area contributed by atoms with Gasteiger partial charge in [-0.15, -0.1) is 0 Å². The SMILES string of the molecule is Cc1cc(NCC(=O)N2CCN(C(=O)c3ccc(O)c(O)c3)CC2)ccc1Oc1ccc(NC(=O)c2ccc(Cl)c(Cl)c2)cn1. The summed E-state index contributed by atoms with van der Waals surface area (Å²) in [6.07, 6.45) is 1.48. The molecule has 5 rings (SSSR count). The zero-order valence-corrected chi connectivity index (χ0v) is 25.6. The molecule has 1 aliphatic rings. The molecule has 2 heterocycles. The number of aryl methyl sites for hydroxylation is 1. The van der Waals surface area contributed by atoms with E-state index in [-0.39, 0.29) is 46.4 Å². The van der Waals surface area contributed by atoms with Crippen LogP contribution >= 0.6 is 23.2 Å². The van der Waals surface area contributed by atoms with Gasteiger partial charge in [-0.05, 0) is 73.2 Å². The zero-order valence-electron chi connectivity index (χ0n) is 24.1. The van der Waals surface area contributed by atoms with E-state index < -0.39 is 0 Å². The molecule has 0 aliphatic carbocycles. The number of benzene rings is 3. The van der Waals surface area contributed by atoms with Gasteiger partial charge < -0.3 is 35.4 Å². The second-order valence-corrected chi connectivity index (χ2v) is 11.1. The van der Waals surface area contributed by atoms with Crippen LogP contribution in [0.15, 0.2) is 72.9 Å². The normalized spacial score (nSPS) is 12.9. The van der Waals surface area contributed by atoms with Gasteiger partial charge in [0, 0.05) is 49.1 Å². The highest BCUT2D eigenvalue weighted by atomic mass is 35.5. The summed E-state index contributed by atoms with van der Waals surface area (Å²) in [5, 5.41) is 25.7. The summed E-state index contributed by atoms with van der Waals surface area (Å²) < 4.78 is 5.91. The second-order valence-electron chi connectivity index (χ2n) is 10.3. The van der Waals surface area contributed by atoms with Gasteiger partial charge in [-0.1, -0.05) is 23.2 Å². The smallest absolute Gasteiger partial charge is 0.255 e. The average molecular weight is 651 g/mol. The molecule has 45 heavy (non-hydrogen) atoms. The van der Waals surface area contributed by atoms with E-state index in [1.807, 2.05) is 13.0 Å². The van der Waals surface area contributed by atoms with Crippen molar-refractivity contribution >= 4 is 52.3 Å². The highest BCUT2D eigenvalue weighted by Gasteiger charge is 2.25. The molecule has 3 aromatic carbocycles. The predicted molar refractivity (Wildman–Crippen MR) is 171 cm³/mol. The lowest BCUT2D eigenvalue weighted by atomic mass is 10.1. The Balaban J connectivity index is 1.09. The summed E-state index contributed by atoms with van der Waals surface area (Å²) in [6, 6.07) is 17.3. The lowest BCUT2D eigenvalue weighted by Gasteiger charge is -2.35. The van der Waals surface area contributed by atoms with Crippen LogP contribution in [-0.2, 0) is 4.79 Å². The third kappa shape index (κ3) is 7.75. The van der Waals surface area contributed by atoms with Gasteiger partial charge in [-0.2, -0.15) is 0 Å². The number of phenols is 2. The van der Waals surface area contributed by atoms with Crippen molar-refractivity contribution in [3.63, 3.8) is 0 Å². The molecule has 11 nitrogen and oxygen atoms in total. The van der Waals surface area contributed by atoms with Gasteiger partial charge in [-0.25, -0.2) is 4.98 Å². The van der Waals surface area contributed by atoms with Crippen molar-refractivity contribution in [1.82, 2.24) is 14.8 Å². The maximum Gasteiger partial charge on any atom is 0.255 e. The number of ether oxygens (including phenoxy) is 1. The summed E-state index contributed by atoms with van der Waals surface area (Å²) in [5.74, 6) is -0.461. The molecule has 0 bridgehead atoms. The van der Waals surface area contributed by atoms with E-state index in [4.69, 9.17) is 27.9 Å². The van der Waals surface area contributed by atoms with Crippen LogP contribution in [0, 0.1) is 6.92 Å². The third-order valence-electron chi connectivity index (χ3n) is 7.15. The van der Waals surface area contributed by atoms with E-state index in [0.29, 0.717) is 54.1 Å². The minimum atomic E-state index is -0.356. The zero-order chi connectivity index (χ0) is 32.1. The first-order valence-electron chi connectivity index (χ1n) is 13.9. The van der Waals surface area contributed by atoms with E-state index in [9.17, 15) is 24.6 Å². The van der Waals surface area contributed by atoms with Crippen molar-refractivity contribution in [2.45, 2.75) is 6.92 Å². The molecule has 3 amide bonds. The van der Waals surface area contributed by atoms with Crippen molar-refractivity contribution < 1.29 is 29.3 Å². The van der Waals surface area contributed by atoms with Crippen LogP contribution in [0.5, 0.6) is 23.1 Å². The van der Waals surface area contributed by atoms with Crippen molar-refractivity contribution in [3.8, 4) is 23.1 Å². The van der Waals surface area contributed by atoms with Gasteiger partial charge in [0.15, 0.2) is 11.5 Å². The number of nitrogens with zero attached hydrogens (tertiary/aromatic N) is 3. The number of carbonyl (C=O) groups excluding carboxylic acids is 3. The minimum Gasteiger partial charge on any atom is -0.504 e. The highest BCUT2D eigenvalue weighted by molar-refractivity contribution is 6.42. The van der Waals surface area contributed by atoms with Gasteiger partial charge in [-0.3, -0.25) is 14.4 Å². The molecule has 0 radical (unpaired) electrons. The summed E-state index contributed by atoms with van der Waals surface area (Å²) in [5.41, 5.74) is 2.66. The number of halogens is 2. The van der Waals surface area contributed by atoms with E-state index in [1.54, 1.807) is 46.2 Å². The fourth-order valence-corrected chi connectivity index (χ4v) is 4.93. The number of phenolic OH excluding ortho intramolecular Hbond substituents is 2. The number of anilines is 2.